The van der Waals surface area contributed by atoms with Crippen LogP contribution in [0.4, 0.5) is 11.5 Å². The third-order valence-corrected chi connectivity index (χ3v) is 7.75. The number of fused-ring (bicyclic) bond motifs is 1. The summed E-state index contributed by atoms with van der Waals surface area (Å²) in [6, 6.07) is 19.8. The molecule has 0 spiro atoms. The number of carbonyl (C=O) groups is 1. The molecule has 0 saturated heterocycles. The molecular weight excluding hydrogens is 574 g/mol. The van der Waals surface area contributed by atoms with Crippen LogP contribution in [0.5, 0.6) is 17.2 Å². The van der Waals surface area contributed by atoms with Gasteiger partial charge in [-0.2, -0.15) is 0 Å². The van der Waals surface area contributed by atoms with Crippen molar-refractivity contribution < 1.29 is 18.9 Å². The maximum Gasteiger partial charge on any atom is 0.339 e. The molecule has 0 radical (unpaired) electrons. The van der Waals surface area contributed by atoms with E-state index < -0.39 is 16.2 Å². The lowest BCUT2D eigenvalue weighted by Gasteiger charge is -2.38. The fraction of sp³-hybridized carbons (Fsp3) is 0.212. The maximum absolute atomic E-state index is 14.2. The number of likely N-dealkylation sites (N-methyl/N-ethyl adjacent to an activating group) is 1. The Balaban J connectivity index is 1.37. The van der Waals surface area contributed by atoms with Crippen molar-refractivity contribution in [1.82, 2.24) is 19.1 Å². The van der Waals surface area contributed by atoms with Crippen LogP contribution in [0, 0.1) is 12.1 Å². The van der Waals surface area contributed by atoms with E-state index in [1.54, 1.807) is 43.5 Å². The van der Waals surface area contributed by atoms with Crippen LogP contribution in [0.2, 0.25) is 0 Å². The number of benzene rings is 3. The molecule has 1 saturated carbocycles. The zero-order chi connectivity index (χ0) is 31.7. The van der Waals surface area contributed by atoms with E-state index in [-0.39, 0.29) is 24.1 Å². The summed E-state index contributed by atoms with van der Waals surface area (Å²) in [6.07, 6.45) is 6.03. The number of nitrogens with two attached hydrogens (primary N) is 1. The Morgan fingerprint density at radius 1 is 1.07 bits per heavy atom. The lowest BCUT2D eigenvalue weighted by atomic mass is 10.2. The first-order valence-corrected chi connectivity index (χ1v) is 14.5. The van der Waals surface area contributed by atoms with Crippen LogP contribution < -0.4 is 26.2 Å². The first kappa shape index (κ1) is 29.6. The van der Waals surface area contributed by atoms with E-state index in [0.717, 1.165) is 18.4 Å². The standard InChI is InChI=1S/C33H33N7O5/c1-21-16-26(45-25-8-5-4-6-9-25)13-14-28(21)39-30-31(34)35-20-36-32(30)38(33(39)42)23-17-22(18-27(19-23)44-3)37-29(41)10-7-15-40(2,43)24-11-12-24/h4-10,13-14,16-20,24H,11-12,15H2,1-3H3,(H,37,41)(H2,34,35,36). The average molecular weight is 608 g/mol. The maximum atomic E-state index is 14.2. The van der Waals surface area contributed by atoms with E-state index in [4.69, 9.17) is 15.2 Å². The summed E-state index contributed by atoms with van der Waals surface area (Å²) < 4.78 is 13.9. The molecule has 1 amide bonds. The molecule has 1 fully saturated rings. The topological polar surface area (TPSA) is 149 Å². The molecule has 2 heterocycles. The number of rotatable bonds is 10. The Labute approximate surface area is 259 Å². The molecule has 0 aliphatic heterocycles. The highest BCUT2D eigenvalue weighted by atomic mass is 16.5. The van der Waals surface area contributed by atoms with Gasteiger partial charge in [0.05, 0.1) is 38.1 Å². The number of anilines is 2. The number of carbonyl (C=O) groups excluding carboxylic acids is 1. The molecule has 1 aliphatic rings. The highest BCUT2D eigenvalue weighted by Crippen LogP contribution is 2.32. The Bertz CT molecular complexity index is 1980. The second-order valence-corrected chi connectivity index (χ2v) is 11.1. The largest absolute Gasteiger partial charge is 0.633 e. The van der Waals surface area contributed by atoms with Gasteiger partial charge in [0.15, 0.2) is 11.5 Å². The van der Waals surface area contributed by atoms with Gasteiger partial charge < -0.3 is 30.4 Å². The highest BCUT2D eigenvalue weighted by Gasteiger charge is 2.34. The smallest absolute Gasteiger partial charge is 0.339 e. The van der Waals surface area contributed by atoms with Gasteiger partial charge in [-0.15, -0.1) is 0 Å². The summed E-state index contributed by atoms with van der Waals surface area (Å²) in [5, 5.41) is 15.3. The number of aromatic nitrogens is 4. The first-order chi connectivity index (χ1) is 21.6. The molecule has 45 heavy (non-hydrogen) atoms. The predicted molar refractivity (Wildman–Crippen MR) is 172 cm³/mol. The third kappa shape index (κ3) is 6.14. The quantitative estimate of drug-likeness (QED) is 0.130. The van der Waals surface area contributed by atoms with Gasteiger partial charge in [0, 0.05) is 36.7 Å². The number of nitrogen functional groups attached to an aromatic ring is 1. The zero-order valence-corrected chi connectivity index (χ0v) is 25.1. The fourth-order valence-electron chi connectivity index (χ4n) is 5.30. The number of quaternary nitrogens is 1. The number of amides is 1. The number of methoxy groups -OCH3 is 1. The van der Waals surface area contributed by atoms with Crippen molar-refractivity contribution in [2.24, 2.45) is 0 Å². The van der Waals surface area contributed by atoms with Crippen molar-refractivity contribution in [2.45, 2.75) is 25.8 Å². The van der Waals surface area contributed by atoms with E-state index in [1.807, 2.05) is 43.3 Å². The molecule has 6 rings (SSSR count). The molecular formula is C33H33N7O5. The predicted octanol–water partition coefficient (Wildman–Crippen LogP) is 4.86. The minimum Gasteiger partial charge on any atom is -0.633 e. The van der Waals surface area contributed by atoms with Crippen LogP contribution in [0.3, 0.4) is 0 Å². The number of ether oxygens (including phenoxy) is 2. The molecule has 5 aromatic rings. The van der Waals surface area contributed by atoms with E-state index in [0.29, 0.717) is 39.8 Å². The van der Waals surface area contributed by atoms with Crippen molar-refractivity contribution in [3.8, 4) is 28.6 Å². The second kappa shape index (κ2) is 11.9. The third-order valence-electron chi connectivity index (χ3n) is 7.75. The van der Waals surface area contributed by atoms with Gasteiger partial charge in [0.1, 0.15) is 29.1 Å². The summed E-state index contributed by atoms with van der Waals surface area (Å²) in [7, 11) is 3.11. The molecule has 2 aromatic heterocycles. The van der Waals surface area contributed by atoms with E-state index in [9.17, 15) is 14.8 Å². The molecule has 1 atom stereocenters. The highest BCUT2D eigenvalue weighted by molar-refractivity contribution is 5.99. The van der Waals surface area contributed by atoms with Gasteiger partial charge in [-0.3, -0.25) is 9.36 Å². The molecule has 230 valence electrons. The monoisotopic (exact) mass is 607 g/mol. The van der Waals surface area contributed by atoms with Crippen molar-refractivity contribution in [2.75, 3.05) is 31.8 Å². The SMILES string of the molecule is COc1cc(NC(=O)C=CC[N+](C)([O-])C2CC2)cc(-n2c(=O)n(-c3ccc(Oc4ccccc4)cc3C)c3c(N)ncnc32)c1. The lowest BCUT2D eigenvalue weighted by Crippen LogP contribution is -2.39. The zero-order valence-electron chi connectivity index (χ0n) is 25.1. The van der Waals surface area contributed by atoms with Crippen molar-refractivity contribution in [1.29, 1.82) is 0 Å². The van der Waals surface area contributed by atoms with Crippen LogP contribution in [0.1, 0.15) is 18.4 Å². The molecule has 12 heteroatoms. The summed E-state index contributed by atoms with van der Waals surface area (Å²) in [5.74, 6) is 1.40. The van der Waals surface area contributed by atoms with Crippen molar-refractivity contribution in [3.63, 3.8) is 0 Å². The van der Waals surface area contributed by atoms with Crippen LogP contribution in [-0.4, -0.2) is 56.4 Å². The van der Waals surface area contributed by atoms with Crippen LogP contribution in [0.25, 0.3) is 22.5 Å². The van der Waals surface area contributed by atoms with Crippen LogP contribution in [-0.2, 0) is 4.79 Å². The summed E-state index contributed by atoms with van der Waals surface area (Å²) in [4.78, 5) is 35.5. The number of nitrogens with one attached hydrogen (secondary N) is 1. The Kier molecular flexibility index (Phi) is 7.83. The summed E-state index contributed by atoms with van der Waals surface area (Å²) >= 11 is 0. The Morgan fingerprint density at radius 2 is 1.84 bits per heavy atom. The number of hydroxylamine groups is 3. The number of aryl methyl sites for hydroxylation is 1. The first-order valence-electron chi connectivity index (χ1n) is 14.5. The van der Waals surface area contributed by atoms with Crippen LogP contribution >= 0.6 is 0 Å². The number of hydrogen-bond acceptors (Lipinski definition) is 8. The molecule has 3 N–H and O–H groups in total. The van der Waals surface area contributed by atoms with Gasteiger partial charge in [0.25, 0.3) is 0 Å². The average Bonchev–Trinajstić information content (AvgIpc) is 3.83. The van der Waals surface area contributed by atoms with Crippen molar-refractivity contribution >= 4 is 28.6 Å². The lowest BCUT2D eigenvalue weighted by molar-refractivity contribution is -0.865. The van der Waals surface area contributed by atoms with Crippen LogP contribution in [0.15, 0.2) is 90.0 Å². The minimum absolute atomic E-state index is 0.0984. The van der Waals surface area contributed by atoms with Gasteiger partial charge in [-0.25, -0.2) is 19.3 Å². The fourth-order valence-corrected chi connectivity index (χ4v) is 5.30. The number of nitrogens with zero attached hydrogens (tertiary/aromatic N) is 5. The Hall–Kier alpha value is -5.46. The molecule has 3 aromatic carbocycles. The van der Waals surface area contributed by atoms with E-state index >= 15 is 0 Å². The van der Waals surface area contributed by atoms with Gasteiger partial charge in [0.2, 0.25) is 5.91 Å². The van der Waals surface area contributed by atoms with Gasteiger partial charge in [-0.05, 0) is 55.0 Å². The summed E-state index contributed by atoms with van der Waals surface area (Å²) in [5.41, 5.74) is 8.58. The van der Waals surface area contributed by atoms with Gasteiger partial charge in [-0.1, -0.05) is 18.2 Å². The normalized spacial score (nSPS) is 14.4. The van der Waals surface area contributed by atoms with Crippen molar-refractivity contribution in [3.05, 3.63) is 106 Å². The summed E-state index contributed by atoms with van der Waals surface area (Å²) in [6.45, 7) is 2.07. The second-order valence-electron chi connectivity index (χ2n) is 11.1. The van der Waals surface area contributed by atoms with Gasteiger partial charge >= 0.3 is 5.69 Å². The molecule has 12 nitrogen and oxygen atoms in total. The number of para-hydroxylation sites is 1. The Morgan fingerprint density at radius 3 is 2.56 bits per heavy atom. The molecule has 0 bridgehead atoms. The van der Waals surface area contributed by atoms with E-state index in [1.165, 1.54) is 28.6 Å². The van der Waals surface area contributed by atoms with E-state index in [2.05, 4.69) is 15.3 Å². The molecule has 1 aliphatic carbocycles. The number of imidazole rings is 1. The molecule has 1 unspecified atom stereocenters. The number of hydrogen-bond donors (Lipinski definition) is 2. The minimum atomic E-state index is -0.449.